The van der Waals surface area contributed by atoms with Crippen LogP contribution in [0.2, 0.25) is 0 Å². The number of rotatable bonds is 7. The number of piperazine rings is 1. The van der Waals surface area contributed by atoms with Crippen LogP contribution >= 0.6 is 0 Å². The minimum Gasteiger partial charge on any atom is -0.497 e. The van der Waals surface area contributed by atoms with Crippen LogP contribution in [-0.2, 0) is 4.79 Å². The molecule has 2 atom stereocenters. The maximum absolute atomic E-state index is 12.6. The Balaban J connectivity index is 1.22. The summed E-state index contributed by atoms with van der Waals surface area (Å²) in [6.45, 7) is 10.4. The van der Waals surface area contributed by atoms with Crippen LogP contribution < -0.4 is 19.5 Å². The zero-order valence-corrected chi connectivity index (χ0v) is 20.5. The molecular weight excluding hydrogens is 434 g/mol. The molecule has 0 saturated carbocycles. The molecule has 2 aromatic rings. The highest BCUT2D eigenvalue weighted by atomic mass is 16.6. The highest BCUT2D eigenvalue weighted by molar-refractivity contribution is 5.93. The Labute approximate surface area is 201 Å². The van der Waals surface area contributed by atoms with Gasteiger partial charge in [0.1, 0.15) is 18.5 Å². The summed E-state index contributed by atoms with van der Waals surface area (Å²) in [5, 5.41) is 13.8. The second kappa shape index (κ2) is 10.6. The number of hydrogen-bond acceptors (Lipinski definition) is 7. The SMILES string of the molecule is COc1ccc2c(c1)OCC(C(O)CN1CCN(CC(=O)Nc3c(C)cc(C)cc3C)CC1)O2. The second-order valence-electron chi connectivity index (χ2n) is 9.25. The number of carbonyl (C=O) groups excluding carboxylic acids is 1. The number of anilines is 1. The van der Waals surface area contributed by atoms with Gasteiger partial charge in [-0.15, -0.1) is 0 Å². The predicted molar refractivity (Wildman–Crippen MR) is 131 cm³/mol. The summed E-state index contributed by atoms with van der Waals surface area (Å²) in [5.74, 6) is 1.96. The van der Waals surface area contributed by atoms with Crippen LogP contribution in [0, 0.1) is 20.8 Å². The molecule has 8 nitrogen and oxygen atoms in total. The van der Waals surface area contributed by atoms with E-state index >= 15 is 0 Å². The topological polar surface area (TPSA) is 83.5 Å². The maximum atomic E-state index is 12.6. The number of nitrogens with zero attached hydrogens (tertiary/aromatic N) is 2. The summed E-state index contributed by atoms with van der Waals surface area (Å²) in [4.78, 5) is 17.0. The van der Waals surface area contributed by atoms with E-state index in [9.17, 15) is 9.90 Å². The number of aliphatic hydroxyl groups is 1. The van der Waals surface area contributed by atoms with E-state index in [0.29, 0.717) is 36.9 Å². The molecule has 0 aliphatic carbocycles. The first-order chi connectivity index (χ1) is 16.3. The van der Waals surface area contributed by atoms with E-state index in [-0.39, 0.29) is 5.91 Å². The number of ether oxygens (including phenoxy) is 3. The molecule has 8 heteroatoms. The zero-order chi connectivity index (χ0) is 24.2. The van der Waals surface area contributed by atoms with Gasteiger partial charge in [0.25, 0.3) is 0 Å². The third-order valence-corrected chi connectivity index (χ3v) is 6.48. The van der Waals surface area contributed by atoms with Crippen LogP contribution in [0.1, 0.15) is 16.7 Å². The quantitative estimate of drug-likeness (QED) is 0.644. The summed E-state index contributed by atoms with van der Waals surface area (Å²) in [5.41, 5.74) is 4.27. The van der Waals surface area contributed by atoms with Crippen molar-refractivity contribution >= 4 is 11.6 Å². The number of fused-ring (bicyclic) bond motifs is 1. The number of carbonyl (C=O) groups is 1. The summed E-state index contributed by atoms with van der Waals surface area (Å²) in [6, 6.07) is 9.57. The highest BCUT2D eigenvalue weighted by Gasteiger charge is 2.30. The van der Waals surface area contributed by atoms with Crippen molar-refractivity contribution in [3.63, 3.8) is 0 Å². The van der Waals surface area contributed by atoms with Crippen LogP contribution in [0.15, 0.2) is 30.3 Å². The van der Waals surface area contributed by atoms with Crippen molar-refractivity contribution in [1.29, 1.82) is 0 Å². The van der Waals surface area contributed by atoms with Crippen LogP contribution in [0.4, 0.5) is 5.69 Å². The molecule has 2 unspecified atom stereocenters. The summed E-state index contributed by atoms with van der Waals surface area (Å²) >= 11 is 0. The third kappa shape index (κ3) is 5.81. The molecule has 2 N–H and O–H groups in total. The smallest absolute Gasteiger partial charge is 0.238 e. The fraction of sp³-hybridized carbons (Fsp3) is 0.500. The van der Waals surface area contributed by atoms with Gasteiger partial charge in [-0.3, -0.25) is 14.6 Å². The molecule has 2 aliphatic rings. The first-order valence-corrected chi connectivity index (χ1v) is 11.8. The molecular formula is C26H35N3O5. The van der Waals surface area contributed by atoms with Crippen LogP contribution in [0.25, 0.3) is 0 Å². The monoisotopic (exact) mass is 469 g/mol. The largest absolute Gasteiger partial charge is 0.497 e. The lowest BCUT2D eigenvalue weighted by atomic mass is 10.1. The Morgan fingerprint density at radius 3 is 2.44 bits per heavy atom. The average molecular weight is 470 g/mol. The molecule has 4 rings (SSSR count). The van der Waals surface area contributed by atoms with Crippen molar-refractivity contribution in [2.45, 2.75) is 33.0 Å². The van der Waals surface area contributed by atoms with Gasteiger partial charge >= 0.3 is 0 Å². The van der Waals surface area contributed by atoms with Gasteiger partial charge in [0.2, 0.25) is 5.91 Å². The molecule has 2 aliphatic heterocycles. The summed E-state index contributed by atoms with van der Waals surface area (Å²) in [7, 11) is 1.61. The number of amides is 1. The number of methoxy groups -OCH3 is 1. The Kier molecular flexibility index (Phi) is 7.60. The molecule has 0 spiro atoms. The van der Waals surface area contributed by atoms with Crippen molar-refractivity contribution in [2.75, 3.05) is 58.3 Å². The van der Waals surface area contributed by atoms with Crippen LogP contribution in [0.3, 0.4) is 0 Å². The Morgan fingerprint density at radius 1 is 1.09 bits per heavy atom. The molecule has 0 aromatic heterocycles. The number of hydrogen-bond donors (Lipinski definition) is 2. The minimum absolute atomic E-state index is 0.00610. The Morgan fingerprint density at radius 2 is 1.76 bits per heavy atom. The standard InChI is InChI=1S/C26H35N3O5/c1-17-11-18(2)26(19(3)12-17)27-25(31)15-29-9-7-28(8-10-29)14-21(30)24-16-33-23-13-20(32-4)5-6-22(23)34-24/h5-6,11-13,21,24,30H,7-10,14-16H2,1-4H3,(H,27,31). The lowest BCUT2D eigenvalue weighted by Crippen LogP contribution is -2.53. The lowest BCUT2D eigenvalue weighted by molar-refractivity contribution is -0.117. The van der Waals surface area contributed by atoms with Crippen LogP contribution in [0.5, 0.6) is 17.2 Å². The first kappa shape index (κ1) is 24.3. The molecule has 184 valence electrons. The highest BCUT2D eigenvalue weighted by Crippen LogP contribution is 2.35. The summed E-state index contributed by atoms with van der Waals surface area (Å²) < 4.78 is 17.0. The molecule has 2 aromatic carbocycles. The van der Waals surface area contributed by atoms with Crippen LogP contribution in [-0.4, -0.2) is 86.0 Å². The number of β-amino-alcohol motifs (C(OH)–C–C–N with tert-alkyl or cyclic N) is 1. The number of benzene rings is 2. The molecule has 2 heterocycles. The van der Waals surface area contributed by atoms with Crippen molar-refractivity contribution in [3.05, 3.63) is 47.0 Å². The van der Waals surface area contributed by atoms with E-state index in [0.717, 1.165) is 43.0 Å². The second-order valence-corrected chi connectivity index (χ2v) is 9.25. The predicted octanol–water partition coefficient (Wildman–Crippen LogP) is 2.38. The van der Waals surface area contributed by atoms with Gasteiger partial charge < -0.3 is 24.6 Å². The third-order valence-electron chi connectivity index (χ3n) is 6.48. The number of nitrogens with one attached hydrogen (secondary N) is 1. The van der Waals surface area contributed by atoms with E-state index in [1.807, 2.05) is 19.9 Å². The van der Waals surface area contributed by atoms with Gasteiger partial charge in [0.15, 0.2) is 17.6 Å². The average Bonchev–Trinajstić information content (AvgIpc) is 2.82. The van der Waals surface area contributed by atoms with E-state index in [2.05, 4.69) is 34.2 Å². The normalized spacial score (nSPS) is 19.5. The zero-order valence-electron chi connectivity index (χ0n) is 20.5. The lowest BCUT2D eigenvalue weighted by Gasteiger charge is -2.37. The molecule has 0 radical (unpaired) electrons. The number of aliphatic hydroxyl groups excluding tert-OH is 1. The molecule has 1 fully saturated rings. The van der Waals surface area contributed by atoms with Gasteiger partial charge in [-0.25, -0.2) is 0 Å². The van der Waals surface area contributed by atoms with Gasteiger partial charge in [-0.1, -0.05) is 17.7 Å². The van der Waals surface area contributed by atoms with E-state index in [1.165, 1.54) is 5.56 Å². The van der Waals surface area contributed by atoms with E-state index < -0.39 is 12.2 Å². The van der Waals surface area contributed by atoms with E-state index in [1.54, 1.807) is 19.2 Å². The van der Waals surface area contributed by atoms with Gasteiger partial charge in [0, 0.05) is 44.5 Å². The summed E-state index contributed by atoms with van der Waals surface area (Å²) in [6.07, 6.45) is -1.09. The fourth-order valence-electron chi connectivity index (χ4n) is 4.66. The van der Waals surface area contributed by atoms with Gasteiger partial charge in [0.05, 0.1) is 13.7 Å². The maximum Gasteiger partial charge on any atom is 0.238 e. The number of aryl methyl sites for hydroxylation is 3. The molecule has 0 bridgehead atoms. The van der Waals surface area contributed by atoms with Crippen molar-refractivity contribution in [1.82, 2.24) is 9.80 Å². The molecule has 34 heavy (non-hydrogen) atoms. The fourth-order valence-corrected chi connectivity index (χ4v) is 4.66. The Hall–Kier alpha value is -2.81. The van der Waals surface area contributed by atoms with Crippen molar-refractivity contribution in [3.8, 4) is 17.2 Å². The van der Waals surface area contributed by atoms with E-state index in [4.69, 9.17) is 14.2 Å². The van der Waals surface area contributed by atoms with Gasteiger partial charge in [-0.2, -0.15) is 0 Å². The molecule has 1 saturated heterocycles. The van der Waals surface area contributed by atoms with Crippen molar-refractivity contribution in [2.24, 2.45) is 0 Å². The minimum atomic E-state index is -0.669. The van der Waals surface area contributed by atoms with Gasteiger partial charge in [-0.05, 0) is 44.0 Å². The van der Waals surface area contributed by atoms with Crippen molar-refractivity contribution < 1.29 is 24.1 Å². The Bertz CT molecular complexity index is 996. The molecule has 1 amide bonds. The first-order valence-electron chi connectivity index (χ1n) is 11.8.